The van der Waals surface area contributed by atoms with Crippen molar-refractivity contribution in [2.24, 2.45) is 0 Å². The number of anilines is 2. The lowest BCUT2D eigenvalue weighted by Gasteiger charge is -2.17. The minimum absolute atomic E-state index is 0.189. The van der Waals surface area contributed by atoms with Gasteiger partial charge in [0.2, 0.25) is 0 Å². The Balaban J connectivity index is 1.91. The van der Waals surface area contributed by atoms with Gasteiger partial charge in [-0.15, -0.1) is 0 Å². The molecule has 0 fully saturated rings. The third kappa shape index (κ3) is 3.71. The molecule has 0 heterocycles. The first kappa shape index (κ1) is 13.4. The Labute approximate surface area is 113 Å². The predicted molar refractivity (Wildman–Crippen MR) is 78.7 cm³/mol. The highest BCUT2D eigenvalue weighted by Crippen LogP contribution is 2.22. The number of hydrogen-bond donors (Lipinski definition) is 2. The number of nitrogens with two attached hydrogens (primary N) is 1. The zero-order valence-corrected chi connectivity index (χ0v) is 11.1. The molecule has 1 unspecified atom stereocenters. The maximum Gasteiger partial charge on any atom is 0.148 e. The molecule has 3 N–H and O–H groups in total. The van der Waals surface area contributed by atoms with Crippen molar-refractivity contribution in [3.63, 3.8) is 0 Å². The second kappa shape index (κ2) is 6.23. The molecule has 2 rings (SSSR count). The van der Waals surface area contributed by atoms with Crippen LogP contribution < -0.4 is 11.1 Å². The van der Waals surface area contributed by atoms with Gasteiger partial charge in [-0.05, 0) is 37.5 Å². The molecule has 0 amide bonds. The maximum absolute atomic E-state index is 13.3. The van der Waals surface area contributed by atoms with Gasteiger partial charge in [0.15, 0.2) is 0 Å². The molecule has 0 radical (unpaired) electrons. The lowest BCUT2D eigenvalue weighted by atomic mass is 10.1. The Kier molecular flexibility index (Phi) is 4.39. The SMILES string of the molecule is CC(CCc1ccccc1)Nc1cccc(F)c1N. The van der Waals surface area contributed by atoms with Crippen molar-refractivity contribution < 1.29 is 4.39 Å². The second-order valence-electron chi connectivity index (χ2n) is 4.77. The number of benzene rings is 2. The lowest BCUT2D eigenvalue weighted by molar-refractivity contribution is 0.632. The summed E-state index contributed by atoms with van der Waals surface area (Å²) in [5.41, 5.74) is 7.87. The van der Waals surface area contributed by atoms with Crippen molar-refractivity contribution in [1.82, 2.24) is 0 Å². The highest BCUT2D eigenvalue weighted by atomic mass is 19.1. The van der Waals surface area contributed by atoms with Crippen LogP contribution in [-0.4, -0.2) is 6.04 Å². The quantitative estimate of drug-likeness (QED) is 0.800. The first-order valence-electron chi connectivity index (χ1n) is 6.51. The van der Waals surface area contributed by atoms with E-state index in [1.165, 1.54) is 11.6 Å². The lowest BCUT2D eigenvalue weighted by Crippen LogP contribution is -2.17. The van der Waals surface area contributed by atoms with E-state index in [4.69, 9.17) is 5.73 Å². The Hall–Kier alpha value is -2.03. The Bertz CT molecular complexity index is 526. The Morgan fingerprint density at radius 1 is 1.11 bits per heavy atom. The van der Waals surface area contributed by atoms with Gasteiger partial charge < -0.3 is 11.1 Å². The first-order chi connectivity index (χ1) is 9.16. The fraction of sp³-hybridized carbons (Fsp3) is 0.250. The normalized spacial score (nSPS) is 12.1. The standard InChI is InChI=1S/C16H19FN2/c1-12(10-11-13-6-3-2-4-7-13)19-15-9-5-8-14(17)16(15)18/h2-9,12,19H,10-11,18H2,1H3. The van der Waals surface area contributed by atoms with Crippen molar-refractivity contribution in [3.05, 3.63) is 59.9 Å². The van der Waals surface area contributed by atoms with Gasteiger partial charge in [0, 0.05) is 6.04 Å². The predicted octanol–water partition coefficient (Wildman–Crippen LogP) is 3.84. The van der Waals surface area contributed by atoms with E-state index in [-0.39, 0.29) is 17.5 Å². The largest absolute Gasteiger partial charge is 0.395 e. The van der Waals surface area contributed by atoms with Crippen LogP contribution >= 0.6 is 0 Å². The summed E-state index contributed by atoms with van der Waals surface area (Å²) in [6.07, 6.45) is 1.96. The summed E-state index contributed by atoms with van der Waals surface area (Å²) in [5.74, 6) is -0.375. The van der Waals surface area contributed by atoms with Crippen LogP contribution in [0.1, 0.15) is 18.9 Å². The van der Waals surface area contributed by atoms with Crippen LogP contribution in [0, 0.1) is 5.82 Å². The third-order valence-electron chi connectivity index (χ3n) is 3.16. The van der Waals surface area contributed by atoms with Crippen LogP contribution in [0.5, 0.6) is 0 Å². The number of halogens is 1. The van der Waals surface area contributed by atoms with E-state index >= 15 is 0 Å². The van der Waals surface area contributed by atoms with E-state index in [9.17, 15) is 4.39 Å². The van der Waals surface area contributed by atoms with Gasteiger partial charge in [-0.3, -0.25) is 0 Å². The number of rotatable bonds is 5. The summed E-state index contributed by atoms with van der Waals surface area (Å²) in [7, 11) is 0. The highest BCUT2D eigenvalue weighted by molar-refractivity contribution is 5.66. The monoisotopic (exact) mass is 258 g/mol. The third-order valence-corrected chi connectivity index (χ3v) is 3.16. The average molecular weight is 258 g/mol. The highest BCUT2D eigenvalue weighted by Gasteiger charge is 2.07. The molecule has 3 heteroatoms. The number of nitrogen functional groups attached to an aromatic ring is 1. The smallest absolute Gasteiger partial charge is 0.148 e. The number of para-hydroxylation sites is 1. The van der Waals surface area contributed by atoms with E-state index in [2.05, 4.69) is 24.4 Å². The molecule has 0 saturated carbocycles. The number of nitrogens with one attached hydrogen (secondary N) is 1. The first-order valence-corrected chi connectivity index (χ1v) is 6.51. The average Bonchev–Trinajstić information content (AvgIpc) is 2.43. The second-order valence-corrected chi connectivity index (χ2v) is 4.77. The Morgan fingerprint density at radius 2 is 1.84 bits per heavy atom. The fourth-order valence-corrected chi connectivity index (χ4v) is 2.03. The van der Waals surface area contributed by atoms with E-state index in [0.717, 1.165) is 12.8 Å². The molecular formula is C16H19FN2. The van der Waals surface area contributed by atoms with Crippen LogP contribution in [0.3, 0.4) is 0 Å². The molecule has 0 aromatic heterocycles. The van der Waals surface area contributed by atoms with E-state index in [1.54, 1.807) is 12.1 Å². The Morgan fingerprint density at radius 3 is 2.58 bits per heavy atom. The molecule has 0 bridgehead atoms. The summed E-state index contributed by atoms with van der Waals surface area (Å²) in [6, 6.07) is 15.4. The maximum atomic E-state index is 13.3. The summed E-state index contributed by atoms with van der Waals surface area (Å²) in [5, 5.41) is 3.26. The molecule has 2 aromatic carbocycles. The van der Waals surface area contributed by atoms with Gasteiger partial charge in [0.25, 0.3) is 0 Å². The fourth-order valence-electron chi connectivity index (χ4n) is 2.03. The van der Waals surface area contributed by atoms with Crippen LogP contribution in [-0.2, 0) is 6.42 Å². The summed E-state index contributed by atoms with van der Waals surface area (Å²) >= 11 is 0. The molecule has 19 heavy (non-hydrogen) atoms. The molecular weight excluding hydrogens is 239 g/mol. The van der Waals surface area contributed by atoms with Gasteiger partial charge in [-0.1, -0.05) is 36.4 Å². The molecule has 0 saturated heterocycles. The van der Waals surface area contributed by atoms with Crippen molar-refractivity contribution in [2.75, 3.05) is 11.1 Å². The molecule has 1 atom stereocenters. The topological polar surface area (TPSA) is 38.0 Å². The van der Waals surface area contributed by atoms with E-state index in [1.807, 2.05) is 18.2 Å². The molecule has 2 nitrogen and oxygen atoms in total. The van der Waals surface area contributed by atoms with Crippen molar-refractivity contribution >= 4 is 11.4 Å². The number of hydrogen-bond acceptors (Lipinski definition) is 2. The zero-order chi connectivity index (χ0) is 13.7. The molecule has 0 aliphatic heterocycles. The summed E-state index contributed by atoms with van der Waals surface area (Å²) in [6.45, 7) is 2.08. The van der Waals surface area contributed by atoms with Gasteiger partial charge in [-0.2, -0.15) is 0 Å². The minimum Gasteiger partial charge on any atom is -0.395 e. The van der Waals surface area contributed by atoms with Gasteiger partial charge in [0.1, 0.15) is 5.82 Å². The zero-order valence-electron chi connectivity index (χ0n) is 11.1. The molecule has 0 aliphatic rings. The minimum atomic E-state index is -0.375. The van der Waals surface area contributed by atoms with Gasteiger partial charge >= 0.3 is 0 Å². The molecule has 0 aliphatic carbocycles. The van der Waals surface area contributed by atoms with Crippen LogP contribution in [0.15, 0.2) is 48.5 Å². The molecule has 0 spiro atoms. The van der Waals surface area contributed by atoms with Crippen molar-refractivity contribution in [1.29, 1.82) is 0 Å². The van der Waals surface area contributed by atoms with Gasteiger partial charge in [-0.25, -0.2) is 4.39 Å². The van der Waals surface area contributed by atoms with Gasteiger partial charge in [0.05, 0.1) is 11.4 Å². The summed E-state index contributed by atoms with van der Waals surface area (Å²) in [4.78, 5) is 0. The number of aryl methyl sites for hydroxylation is 1. The van der Waals surface area contributed by atoms with E-state index < -0.39 is 0 Å². The van der Waals surface area contributed by atoms with E-state index in [0.29, 0.717) is 5.69 Å². The van der Waals surface area contributed by atoms with Crippen LogP contribution in [0.2, 0.25) is 0 Å². The molecule has 2 aromatic rings. The van der Waals surface area contributed by atoms with Crippen molar-refractivity contribution in [2.45, 2.75) is 25.8 Å². The summed E-state index contributed by atoms with van der Waals surface area (Å²) < 4.78 is 13.3. The van der Waals surface area contributed by atoms with Crippen LogP contribution in [0.4, 0.5) is 15.8 Å². The van der Waals surface area contributed by atoms with Crippen LogP contribution in [0.25, 0.3) is 0 Å². The molecule has 100 valence electrons. The van der Waals surface area contributed by atoms with Crippen molar-refractivity contribution in [3.8, 4) is 0 Å².